The lowest BCUT2D eigenvalue weighted by molar-refractivity contribution is 0.450. The zero-order valence-electron chi connectivity index (χ0n) is 10.2. The van der Waals surface area contributed by atoms with Crippen molar-refractivity contribution < 1.29 is 5.11 Å². The van der Waals surface area contributed by atoms with Crippen LogP contribution >= 0.6 is 0 Å². The third-order valence-electron chi connectivity index (χ3n) is 2.51. The fourth-order valence-electron chi connectivity index (χ4n) is 1.81. The standard InChI is InChI=1S/C12H22N2O/c1-5-7-10-12(15)11(8-6-2)14(13-10)9(3)4/h9,15H,5-8H2,1-4H3. The molecular weight excluding hydrogens is 188 g/mol. The summed E-state index contributed by atoms with van der Waals surface area (Å²) in [5, 5.41) is 14.5. The van der Waals surface area contributed by atoms with E-state index in [-0.39, 0.29) is 0 Å². The molecule has 0 saturated carbocycles. The Morgan fingerprint density at radius 2 is 1.80 bits per heavy atom. The lowest BCUT2D eigenvalue weighted by Crippen LogP contribution is -2.07. The van der Waals surface area contributed by atoms with Crippen LogP contribution in [0.25, 0.3) is 0 Å². The van der Waals surface area contributed by atoms with Crippen molar-refractivity contribution in [2.45, 2.75) is 59.4 Å². The number of hydrogen-bond acceptors (Lipinski definition) is 2. The molecular formula is C12H22N2O. The van der Waals surface area contributed by atoms with Gasteiger partial charge in [-0.2, -0.15) is 5.10 Å². The molecule has 1 heterocycles. The fraction of sp³-hybridized carbons (Fsp3) is 0.750. The van der Waals surface area contributed by atoms with Crippen LogP contribution in [0.3, 0.4) is 0 Å². The van der Waals surface area contributed by atoms with Gasteiger partial charge in [-0.3, -0.25) is 4.68 Å². The highest BCUT2D eigenvalue weighted by Gasteiger charge is 2.17. The summed E-state index contributed by atoms with van der Waals surface area (Å²) in [4.78, 5) is 0. The van der Waals surface area contributed by atoms with Crippen molar-refractivity contribution in [2.24, 2.45) is 0 Å². The molecule has 0 bridgehead atoms. The largest absolute Gasteiger partial charge is 0.504 e. The Bertz CT molecular complexity index is 316. The van der Waals surface area contributed by atoms with E-state index >= 15 is 0 Å². The molecule has 0 unspecified atom stereocenters. The predicted octanol–water partition coefficient (Wildman–Crippen LogP) is 3.07. The first-order chi connectivity index (χ1) is 7.11. The van der Waals surface area contributed by atoms with Gasteiger partial charge in [0.25, 0.3) is 0 Å². The topological polar surface area (TPSA) is 38.0 Å². The minimum atomic E-state index is 0.322. The Kier molecular flexibility index (Phi) is 4.18. The zero-order chi connectivity index (χ0) is 11.4. The van der Waals surface area contributed by atoms with Crippen molar-refractivity contribution in [3.05, 3.63) is 11.4 Å². The van der Waals surface area contributed by atoms with Crippen LogP contribution in [0, 0.1) is 0 Å². The first kappa shape index (κ1) is 12.1. The lowest BCUT2D eigenvalue weighted by Gasteiger charge is -2.09. The minimum Gasteiger partial charge on any atom is -0.504 e. The number of hydrogen-bond donors (Lipinski definition) is 1. The SMILES string of the molecule is CCCc1nn(C(C)C)c(CCC)c1O. The van der Waals surface area contributed by atoms with Crippen LogP contribution in [-0.2, 0) is 12.8 Å². The quantitative estimate of drug-likeness (QED) is 0.811. The van der Waals surface area contributed by atoms with Crippen molar-refractivity contribution in [3.8, 4) is 5.75 Å². The molecule has 0 aromatic carbocycles. The number of aryl methyl sites for hydroxylation is 1. The molecule has 0 atom stereocenters. The summed E-state index contributed by atoms with van der Waals surface area (Å²) in [6.07, 6.45) is 3.83. The highest BCUT2D eigenvalue weighted by Crippen LogP contribution is 2.27. The van der Waals surface area contributed by atoms with Crippen LogP contribution in [0.2, 0.25) is 0 Å². The molecule has 15 heavy (non-hydrogen) atoms. The Balaban J connectivity index is 3.08. The molecule has 0 radical (unpaired) electrons. The monoisotopic (exact) mass is 210 g/mol. The van der Waals surface area contributed by atoms with E-state index in [1.165, 1.54) is 0 Å². The van der Waals surface area contributed by atoms with Gasteiger partial charge in [0.05, 0.1) is 5.69 Å². The second kappa shape index (κ2) is 5.19. The summed E-state index contributed by atoms with van der Waals surface area (Å²) in [5.41, 5.74) is 1.85. The molecule has 1 N–H and O–H groups in total. The molecule has 0 aliphatic carbocycles. The Morgan fingerprint density at radius 3 is 2.27 bits per heavy atom. The number of rotatable bonds is 5. The van der Waals surface area contributed by atoms with E-state index in [0.29, 0.717) is 11.8 Å². The van der Waals surface area contributed by atoms with Gasteiger partial charge in [0.2, 0.25) is 0 Å². The van der Waals surface area contributed by atoms with E-state index < -0.39 is 0 Å². The molecule has 0 amide bonds. The zero-order valence-corrected chi connectivity index (χ0v) is 10.2. The Morgan fingerprint density at radius 1 is 1.20 bits per heavy atom. The van der Waals surface area contributed by atoms with Gasteiger partial charge in [0.15, 0.2) is 5.75 Å². The highest BCUT2D eigenvalue weighted by atomic mass is 16.3. The molecule has 3 heteroatoms. The van der Waals surface area contributed by atoms with Crippen molar-refractivity contribution in [1.29, 1.82) is 0 Å². The van der Waals surface area contributed by atoms with Gasteiger partial charge in [-0.15, -0.1) is 0 Å². The lowest BCUT2D eigenvalue weighted by atomic mass is 10.1. The highest BCUT2D eigenvalue weighted by molar-refractivity contribution is 5.32. The first-order valence-electron chi connectivity index (χ1n) is 5.91. The van der Waals surface area contributed by atoms with Gasteiger partial charge >= 0.3 is 0 Å². The van der Waals surface area contributed by atoms with Gasteiger partial charge in [-0.25, -0.2) is 0 Å². The maximum atomic E-state index is 10.0. The molecule has 0 fully saturated rings. The van der Waals surface area contributed by atoms with E-state index in [1.54, 1.807) is 0 Å². The van der Waals surface area contributed by atoms with Crippen LogP contribution in [-0.4, -0.2) is 14.9 Å². The van der Waals surface area contributed by atoms with E-state index in [2.05, 4.69) is 32.8 Å². The van der Waals surface area contributed by atoms with Crippen molar-refractivity contribution in [3.63, 3.8) is 0 Å². The van der Waals surface area contributed by atoms with Crippen LogP contribution in [0.15, 0.2) is 0 Å². The predicted molar refractivity (Wildman–Crippen MR) is 62.3 cm³/mol. The van der Waals surface area contributed by atoms with E-state index in [1.807, 2.05) is 4.68 Å². The first-order valence-corrected chi connectivity index (χ1v) is 5.91. The van der Waals surface area contributed by atoms with Gasteiger partial charge in [0.1, 0.15) is 5.69 Å². The molecule has 0 aliphatic heterocycles. The smallest absolute Gasteiger partial charge is 0.160 e. The van der Waals surface area contributed by atoms with Crippen LogP contribution in [0.5, 0.6) is 5.75 Å². The van der Waals surface area contributed by atoms with Crippen molar-refractivity contribution >= 4 is 0 Å². The Hall–Kier alpha value is -0.990. The van der Waals surface area contributed by atoms with E-state index in [0.717, 1.165) is 37.1 Å². The summed E-state index contributed by atoms with van der Waals surface area (Å²) < 4.78 is 1.96. The maximum absolute atomic E-state index is 10.0. The second-order valence-corrected chi connectivity index (χ2v) is 4.28. The molecule has 1 aromatic rings. The van der Waals surface area contributed by atoms with E-state index in [4.69, 9.17) is 0 Å². The van der Waals surface area contributed by atoms with Crippen molar-refractivity contribution in [1.82, 2.24) is 9.78 Å². The summed E-state index contributed by atoms with van der Waals surface area (Å²) >= 11 is 0. The molecule has 0 aliphatic rings. The molecule has 0 spiro atoms. The van der Waals surface area contributed by atoms with Crippen LogP contribution in [0.4, 0.5) is 0 Å². The number of aromatic nitrogens is 2. The molecule has 3 nitrogen and oxygen atoms in total. The van der Waals surface area contributed by atoms with Gasteiger partial charge in [-0.05, 0) is 26.7 Å². The van der Waals surface area contributed by atoms with E-state index in [9.17, 15) is 5.11 Å². The van der Waals surface area contributed by atoms with Gasteiger partial charge in [-0.1, -0.05) is 26.7 Å². The fourth-order valence-corrected chi connectivity index (χ4v) is 1.81. The van der Waals surface area contributed by atoms with Crippen LogP contribution < -0.4 is 0 Å². The number of nitrogens with zero attached hydrogens (tertiary/aromatic N) is 2. The maximum Gasteiger partial charge on any atom is 0.160 e. The summed E-state index contributed by atoms with van der Waals surface area (Å²) in [7, 11) is 0. The third kappa shape index (κ3) is 2.52. The molecule has 86 valence electrons. The third-order valence-corrected chi connectivity index (χ3v) is 2.51. The average Bonchev–Trinajstić information content (AvgIpc) is 2.48. The molecule has 0 saturated heterocycles. The molecule has 1 rings (SSSR count). The normalized spacial score (nSPS) is 11.3. The summed E-state index contributed by atoms with van der Waals surface area (Å²) in [6.45, 7) is 8.42. The van der Waals surface area contributed by atoms with Gasteiger partial charge in [0, 0.05) is 6.04 Å². The second-order valence-electron chi connectivity index (χ2n) is 4.28. The Labute approximate surface area is 92.1 Å². The summed E-state index contributed by atoms with van der Waals surface area (Å²) in [6, 6.07) is 0.322. The van der Waals surface area contributed by atoms with Gasteiger partial charge < -0.3 is 5.11 Å². The molecule has 1 aromatic heterocycles. The summed E-state index contributed by atoms with van der Waals surface area (Å²) in [5.74, 6) is 0.424. The average molecular weight is 210 g/mol. The minimum absolute atomic E-state index is 0.322. The number of aromatic hydroxyl groups is 1. The van der Waals surface area contributed by atoms with Crippen molar-refractivity contribution in [2.75, 3.05) is 0 Å². The van der Waals surface area contributed by atoms with Crippen LogP contribution in [0.1, 0.15) is 58.0 Å².